The Balaban J connectivity index is 1.71. The van der Waals surface area contributed by atoms with Gasteiger partial charge < -0.3 is 10.1 Å². The number of nitrogens with one attached hydrogen (secondary N) is 1. The number of halogens is 3. The van der Waals surface area contributed by atoms with Crippen molar-refractivity contribution < 1.29 is 9.53 Å². The highest BCUT2D eigenvalue weighted by atomic mass is 35.5. The lowest BCUT2D eigenvalue weighted by atomic mass is 10.2. The Morgan fingerprint density at radius 3 is 2.68 bits per heavy atom. The second-order valence-corrected chi connectivity index (χ2v) is 5.63. The molecule has 0 unspecified atom stereocenters. The SMILES string of the molecule is O=C(NCCCOc1ccc(Cl)cc1Cl)c1ccc(Cl)nc1. The van der Waals surface area contributed by atoms with Crippen LogP contribution in [0.4, 0.5) is 0 Å². The monoisotopic (exact) mass is 358 g/mol. The summed E-state index contributed by atoms with van der Waals surface area (Å²) in [5.41, 5.74) is 0.464. The lowest BCUT2D eigenvalue weighted by Crippen LogP contribution is -2.25. The van der Waals surface area contributed by atoms with Crippen LogP contribution in [0, 0.1) is 0 Å². The first-order valence-electron chi connectivity index (χ1n) is 6.54. The topological polar surface area (TPSA) is 51.2 Å². The smallest absolute Gasteiger partial charge is 0.252 e. The molecule has 22 heavy (non-hydrogen) atoms. The summed E-state index contributed by atoms with van der Waals surface area (Å²) in [6, 6.07) is 8.23. The Morgan fingerprint density at radius 2 is 2.00 bits per heavy atom. The number of benzene rings is 1. The molecule has 116 valence electrons. The van der Waals surface area contributed by atoms with Gasteiger partial charge in [0.2, 0.25) is 0 Å². The zero-order chi connectivity index (χ0) is 15.9. The number of amides is 1. The van der Waals surface area contributed by atoms with Gasteiger partial charge in [-0.15, -0.1) is 0 Å². The Kier molecular flexibility index (Phi) is 6.31. The summed E-state index contributed by atoms with van der Waals surface area (Å²) in [6.07, 6.45) is 2.08. The van der Waals surface area contributed by atoms with Gasteiger partial charge in [0.05, 0.1) is 17.2 Å². The zero-order valence-corrected chi connectivity index (χ0v) is 13.8. The van der Waals surface area contributed by atoms with E-state index in [1.165, 1.54) is 6.20 Å². The minimum Gasteiger partial charge on any atom is -0.492 e. The van der Waals surface area contributed by atoms with Gasteiger partial charge in [-0.25, -0.2) is 4.98 Å². The van der Waals surface area contributed by atoms with Crippen LogP contribution in [0.1, 0.15) is 16.8 Å². The van der Waals surface area contributed by atoms with Crippen LogP contribution in [-0.4, -0.2) is 24.0 Å². The number of ether oxygens (including phenoxy) is 1. The quantitative estimate of drug-likeness (QED) is 0.620. The van der Waals surface area contributed by atoms with Crippen molar-refractivity contribution in [1.29, 1.82) is 0 Å². The summed E-state index contributed by atoms with van der Waals surface area (Å²) in [7, 11) is 0. The van der Waals surface area contributed by atoms with Crippen LogP contribution in [0.3, 0.4) is 0 Å². The molecule has 0 saturated carbocycles. The molecule has 0 aliphatic carbocycles. The van der Waals surface area contributed by atoms with Crippen molar-refractivity contribution in [1.82, 2.24) is 10.3 Å². The highest BCUT2D eigenvalue weighted by Crippen LogP contribution is 2.27. The van der Waals surface area contributed by atoms with Gasteiger partial charge in [-0.2, -0.15) is 0 Å². The van der Waals surface area contributed by atoms with E-state index in [1.807, 2.05) is 0 Å². The van der Waals surface area contributed by atoms with Crippen molar-refractivity contribution in [2.24, 2.45) is 0 Å². The fourth-order valence-corrected chi connectivity index (χ4v) is 2.24. The Morgan fingerprint density at radius 1 is 1.18 bits per heavy atom. The molecule has 0 spiro atoms. The molecular weight excluding hydrogens is 347 g/mol. The van der Waals surface area contributed by atoms with E-state index < -0.39 is 0 Å². The molecule has 0 aliphatic rings. The van der Waals surface area contributed by atoms with Crippen molar-refractivity contribution in [3.8, 4) is 5.75 Å². The van der Waals surface area contributed by atoms with E-state index in [0.29, 0.717) is 46.1 Å². The average Bonchev–Trinajstić information content (AvgIpc) is 2.49. The van der Waals surface area contributed by atoms with E-state index in [9.17, 15) is 4.79 Å². The second-order valence-electron chi connectivity index (χ2n) is 4.40. The lowest BCUT2D eigenvalue weighted by molar-refractivity contribution is 0.0951. The maximum Gasteiger partial charge on any atom is 0.252 e. The van der Waals surface area contributed by atoms with Crippen LogP contribution in [0.5, 0.6) is 5.75 Å². The maximum atomic E-state index is 11.8. The number of pyridine rings is 1. The van der Waals surface area contributed by atoms with Crippen molar-refractivity contribution in [2.45, 2.75) is 6.42 Å². The van der Waals surface area contributed by atoms with Gasteiger partial charge >= 0.3 is 0 Å². The molecule has 4 nitrogen and oxygen atoms in total. The minimum absolute atomic E-state index is 0.200. The Bertz CT molecular complexity index is 648. The molecule has 7 heteroatoms. The normalized spacial score (nSPS) is 10.3. The fourth-order valence-electron chi connectivity index (χ4n) is 1.66. The van der Waals surface area contributed by atoms with Gasteiger partial charge in [-0.1, -0.05) is 34.8 Å². The van der Waals surface area contributed by atoms with E-state index in [2.05, 4.69) is 10.3 Å². The average molecular weight is 360 g/mol. The number of hydrogen-bond donors (Lipinski definition) is 1. The Hall–Kier alpha value is -1.49. The van der Waals surface area contributed by atoms with Gasteiger partial charge in [0.1, 0.15) is 10.9 Å². The first-order valence-corrected chi connectivity index (χ1v) is 7.67. The molecule has 1 aromatic carbocycles. The number of nitrogens with zero attached hydrogens (tertiary/aromatic N) is 1. The third-order valence-corrected chi connectivity index (χ3v) is 3.50. The number of carbonyl (C=O) groups excluding carboxylic acids is 1. The largest absolute Gasteiger partial charge is 0.492 e. The minimum atomic E-state index is -0.200. The number of rotatable bonds is 6. The summed E-state index contributed by atoms with van der Waals surface area (Å²) >= 11 is 17.5. The van der Waals surface area contributed by atoms with Gasteiger partial charge in [-0.05, 0) is 36.8 Å². The lowest BCUT2D eigenvalue weighted by Gasteiger charge is -2.09. The van der Waals surface area contributed by atoms with Crippen LogP contribution in [0.25, 0.3) is 0 Å². The molecule has 0 fully saturated rings. The van der Waals surface area contributed by atoms with Crippen molar-refractivity contribution in [3.05, 3.63) is 57.3 Å². The molecule has 2 aromatic rings. The highest BCUT2D eigenvalue weighted by Gasteiger charge is 2.05. The third-order valence-electron chi connectivity index (χ3n) is 2.75. The number of hydrogen-bond acceptors (Lipinski definition) is 3. The summed E-state index contributed by atoms with van der Waals surface area (Å²) in [4.78, 5) is 15.7. The standard InChI is InChI=1S/C15H13Cl3N2O2/c16-11-3-4-13(12(17)8-11)22-7-1-6-19-15(21)10-2-5-14(18)20-9-10/h2-5,8-9H,1,6-7H2,(H,19,21). The van der Waals surface area contributed by atoms with Gasteiger partial charge in [0.25, 0.3) is 5.91 Å². The summed E-state index contributed by atoms with van der Waals surface area (Å²) in [6.45, 7) is 0.910. The van der Waals surface area contributed by atoms with E-state index in [0.717, 1.165) is 0 Å². The predicted molar refractivity (Wildman–Crippen MR) is 88.2 cm³/mol. The second kappa shape index (κ2) is 8.22. The third kappa shape index (κ3) is 5.05. The molecule has 0 saturated heterocycles. The fraction of sp³-hybridized carbons (Fsp3) is 0.200. The highest BCUT2D eigenvalue weighted by molar-refractivity contribution is 6.35. The van der Waals surface area contributed by atoms with Gasteiger partial charge in [0, 0.05) is 17.8 Å². The molecule has 1 N–H and O–H groups in total. The summed E-state index contributed by atoms with van der Waals surface area (Å²) in [5, 5.41) is 4.14. The summed E-state index contributed by atoms with van der Waals surface area (Å²) < 4.78 is 5.52. The molecular formula is C15H13Cl3N2O2. The number of aromatic nitrogens is 1. The van der Waals surface area contributed by atoms with Crippen molar-refractivity contribution in [2.75, 3.05) is 13.2 Å². The van der Waals surface area contributed by atoms with E-state index in [1.54, 1.807) is 30.3 Å². The Labute approximate surface area is 143 Å². The molecule has 1 heterocycles. The van der Waals surface area contributed by atoms with Crippen LogP contribution >= 0.6 is 34.8 Å². The van der Waals surface area contributed by atoms with Crippen molar-refractivity contribution >= 4 is 40.7 Å². The molecule has 1 amide bonds. The van der Waals surface area contributed by atoms with E-state index in [-0.39, 0.29) is 5.91 Å². The van der Waals surface area contributed by atoms with Crippen LogP contribution in [-0.2, 0) is 0 Å². The molecule has 0 aliphatic heterocycles. The first kappa shape index (κ1) is 16.9. The zero-order valence-electron chi connectivity index (χ0n) is 11.5. The maximum absolute atomic E-state index is 11.8. The van der Waals surface area contributed by atoms with Crippen LogP contribution in [0.2, 0.25) is 15.2 Å². The molecule has 0 atom stereocenters. The van der Waals surface area contributed by atoms with Crippen LogP contribution < -0.4 is 10.1 Å². The molecule has 0 bridgehead atoms. The van der Waals surface area contributed by atoms with Gasteiger partial charge in [-0.3, -0.25) is 4.79 Å². The van der Waals surface area contributed by atoms with E-state index in [4.69, 9.17) is 39.5 Å². The number of carbonyl (C=O) groups is 1. The van der Waals surface area contributed by atoms with Crippen molar-refractivity contribution in [3.63, 3.8) is 0 Å². The molecule has 1 aromatic heterocycles. The molecule has 2 rings (SSSR count). The molecule has 0 radical (unpaired) electrons. The van der Waals surface area contributed by atoms with E-state index >= 15 is 0 Å². The van der Waals surface area contributed by atoms with Gasteiger partial charge in [0.15, 0.2) is 0 Å². The summed E-state index contributed by atoms with van der Waals surface area (Å²) in [5.74, 6) is 0.369. The first-order chi connectivity index (χ1) is 10.6. The van der Waals surface area contributed by atoms with Crippen LogP contribution in [0.15, 0.2) is 36.5 Å². The predicted octanol–water partition coefficient (Wildman–Crippen LogP) is 4.24.